The molecule has 0 bridgehead atoms. The minimum absolute atomic E-state index is 0.0263. The Balaban J connectivity index is 3.35. The van der Waals surface area contributed by atoms with Gasteiger partial charge in [-0.05, 0) is 56.1 Å². The molecule has 0 spiro atoms. The molecule has 1 rings (SSSR count). The first-order valence-electron chi connectivity index (χ1n) is 17.4. The summed E-state index contributed by atoms with van der Waals surface area (Å²) in [6.07, 6.45) is 26.4. The smallest absolute Gasteiger partial charge is 0.339 e. The fraction of sp³-hybridized carbons (Fsp3) is 0.806. The van der Waals surface area contributed by atoms with E-state index in [0.29, 0.717) is 13.0 Å². The Morgan fingerprint density at radius 3 is 1.39 bits per heavy atom. The number of carbonyl (C=O) groups is 1. The molecule has 1 aromatic rings. The first-order valence-corrected chi connectivity index (χ1v) is 17.4. The summed E-state index contributed by atoms with van der Waals surface area (Å²) in [5.41, 5.74) is 2.94. The van der Waals surface area contributed by atoms with E-state index >= 15 is 0 Å². The number of carboxylic acid groups (broad SMARTS) is 1. The summed E-state index contributed by atoms with van der Waals surface area (Å²) >= 11 is 0. The Kier molecular flexibility index (Phi) is 22.6. The number of unbranched alkanes of at least 4 members (excludes halogenated alkanes) is 17. The highest BCUT2D eigenvalue weighted by atomic mass is 17.2. The van der Waals surface area contributed by atoms with E-state index < -0.39 is 5.97 Å². The predicted octanol–water partition coefficient (Wildman–Crippen LogP) is 11.3. The minimum atomic E-state index is -1.07. The number of carboxylic acids is 1. The van der Waals surface area contributed by atoms with Crippen molar-refractivity contribution in [2.75, 3.05) is 6.61 Å². The van der Waals surface area contributed by atoms with E-state index in [-0.39, 0.29) is 17.1 Å². The molecule has 1 aromatic carbocycles. The first-order chi connectivity index (χ1) is 20.0. The zero-order valence-corrected chi connectivity index (χ0v) is 27.3. The highest BCUT2D eigenvalue weighted by molar-refractivity contribution is 5.94. The largest absolute Gasteiger partial charge is 0.504 e. The SMILES string of the molecule is CCCCCCCCc1c(CCCCCCCC)c(OOCCCCC)c(O)c(C(=O)O)c1CCCCCCCC. The van der Waals surface area contributed by atoms with Crippen LogP contribution in [0.15, 0.2) is 0 Å². The Hall–Kier alpha value is -1.75. The lowest BCUT2D eigenvalue weighted by molar-refractivity contribution is -0.208. The van der Waals surface area contributed by atoms with Crippen LogP contribution in [0.1, 0.15) is 190 Å². The fourth-order valence-corrected chi connectivity index (χ4v) is 5.79. The number of hydrogen-bond donors (Lipinski definition) is 2. The van der Waals surface area contributed by atoms with Crippen LogP contribution in [-0.4, -0.2) is 22.8 Å². The van der Waals surface area contributed by atoms with Crippen molar-refractivity contribution in [1.29, 1.82) is 0 Å². The van der Waals surface area contributed by atoms with Crippen molar-refractivity contribution in [3.8, 4) is 11.5 Å². The van der Waals surface area contributed by atoms with Crippen molar-refractivity contribution in [3.05, 3.63) is 22.3 Å². The van der Waals surface area contributed by atoms with Gasteiger partial charge in [-0.2, -0.15) is 4.89 Å². The summed E-state index contributed by atoms with van der Waals surface area (Å²) in [7, 11) is 0. The third kappa shape index (κ3) is 15.3. The van der Waals surface area contributed by atoms with Crippen molar-refractivity contribution in [3.63, 3.8) is 0 Å². The lowest BCUT2D eigenvalue weighted by Gasteiger charge is -2.23. The molecule has 0 aliphatic rings. The third-order valence-electron chi connectivity index (χ3n) is 8.28. The molecular formula is C36H64O5. The van der Waals surface area contributed by atoms with Gasteiger partial charge in [0.05, 0.1) is 6.61 Å². The van der Waals surface area contributed by atoms with Crippen molar-refractivity contribution in [1.82, 2.24) is 0 Å². The monoisotopic (exact) mass is 576 g/mol. The van der Waals surface area contributed by atoms with Crippen LogP contribution in [0.25, 0.3) is 0 Å². The first kappa shape index (κ1) is 37.3. The zero-order chi connectivity index (χ0) is 30.1. The topological polar surface area (TPSA) is 76.0 Å². The van der Waals surface area contributed by atoms with Crippen LogP contribution < -0.4 is 4.89 Å². The van der Waals surface area contributed by atoms with Crippen molar-refractivity contribution in [2.45, 2.75) is 182 Å². The summed E-state index contributed by atoms with van der Waals surface area (Å²) < 4.78 is 0. The molecule has 0 aliphatic carbocycles. The molecule has 2 N–H and O–H groups in total. The molecule has 0 radical (unpaired) electrons. The Morgan fingerprint density at radius 1 is 0.537 bits per heavy atom. The van der Waals surface area contributed by atoms with Gasteiger partial charge in [0.15, 0.2) is 5.75 Å². The maximum Gasteiger partial charge on any atom is 0.339 e. The van der Waals surface area contributed by atoms with Crippen molar-refractivity contribution in [2.24, 2.45) is 0 Å². The standard InChI is InChI=1S/C36H64O5/c1-5-9-13-16-19-22-26-30-31(27-23-20-17-14-10-6-2)33(36(38)39)34(37)35(41-40-29-25-12-8-4)32(30)28-24-21-18-15-11-7-3/h37H,5-29H2,1-4H3,(H,38,39). The molecule has 5 heteroatoms. The molecule has 0 saturated heterocycles. The van der Waals surface area contributed by atoms with E-state index in [1.807, 2.05) is 0 Å². The van der Waals surface area contributed by atoms with Crippen LogP contribution in [0, 0.1) is 0 Å². The molecule has 41 heavy (non-hydrogen) atoms. The quantitative estimate of drug-likeness (QED) is 0.0589. The number of benzene rings is 1. The van der Waals surface area contributed by atoms with Crippen LogP contribution in [0.4, 0.5) is 0 Å². The minimum Gasteiger partial charge on any atom is -0.504 e. The number of aromatic carboxylic acids is 1. The molecular weight excluding hydrogens is 512 g/mol. The maximum atomic E-state index is 12.6. The third-order valence-corrected chi connectivity index (χ3v) is 8.28. The van der Waals surface area contributed by atoms with Crippen LogP contribution >= 0.6 is 0 Å². The van der Waals surface area contributed by atoms with Gasteiger partial charge in [-0.3, -0.25) is 0 Å². The molecule has 5 nitrogen and oxygen atoms in total. The molecule has 0 amide bonds. The molecule has 0 fully saturated rings. The molecule has 0 heterocycles. The van der Waals surface area contributed by atoms with Gasteiger partial charge in [-0.15, -0.1) is 0 Å². The summed E-state index contributed by atoms with van der Waals surface area (Å²) in [5, 5.41) is 21.7. The van der Waals surface area contributed by atoms with Gasteiger partial charge in [0, 0.05) is 5.56 Å². The van der Waals surface area contributed by atoms with Gasteiger partial charge >= 0.3 is 5.97 Å². The Labute approximate surface area is 252 Å². The number of hydrogen-bond acceptors (Lipinski definition) is 4. The van der Waals surface area contributed by atoms with Crippen LogP contribution in [-0.2, 0) is 24.2 Å². The molecule has 238 valence electrons. The van der Waals surface area contributed by atoms with E-state index in [1.165, 1.54) is 77.0 Å². The van der Waals surface area contributed by atoms with Crippen LogP contribution in [0.5, 0.6) is 11.5 Å². The second-order valence-corrected chi connectivity index (χ2v) is 12.0. The highest BCUT2D eigenvalue weighted by Crippen LogP contribution is 2.42. The Bertz CT molecular complexity index is 804. The van der Waals surface area contributed by atoms with Gasteiger partial charge in [-0.1, -0.05) is 137 Å². The average molecular weight is 577 g/mol. The molecule has 0 aliphatic heterocycles. The predicted molar refractivity (Wildman–Crippen MR) is 172 cm³/mol. The van der Waals surface area contributed by atoms with Gasteiger partial charge < -0.3 is 15.1 Å². The summed E-state index contributed by atoms with van der Waals surface area (Å²) in [5.74, 6) is -1.07. The molecule has 0 saturated carbocycles. The molecule has 0 unspecified atom stereocenters. The van der Waals surface area contributed by atoms with E-state index in [4.69, 9.17) is 9.78 Å². The second kappa shape index (κ2) is 24.8. The van der Waals surface area contributed by atoms with E-state index in [1.54, 1.807) is 0 Å². The van der Waals surface area contributed by atoms with Crippen molar-refractivity contribution >= 4 is 5.97 Å². The molecule has 0 atom stereocenters. The van der Waals surface area contributed by atoms with Gasteiger partial charge in [0.25, 0.3) is 0 Å². The average Bonchev–Trinajstić information content (AvgIpc) is 2.96. The van der Waals surface area contributed by atoms with Gasteiger partial charge in [0.1, 0.15) is 5.56 Å². The van der Waals surface area contributed by atoms with E-state index in [2.05, 4.69) is 27.7 Å². The fourth-order valence-electron chi connectivity index (χ4n) is 5.79. The lowest BCUT2D eigenvalue weighted by Crippen LogP contribution is -2.14. The summed E-state index contributed by atoms with van der Waals surface area (Å²) in [4.78, 5) is 24.0. The maximum absolute atomic E-state index is 12.6. The summed E-state index contributed by atoms with van der Waals surface area (Å²) in [6.45, 7) is 9.26. The van der Waals surface area contributed by atoms with E-state index in [0.717, 1.165) is 87.3 Å². The lowest BCUT2D eigenvalue weighted by atomic mass is 9.85. The Morgan fingerprint density at radius 2 is 0.927 bits per heavy atom. The number of aromatic hydroxyl groups is 1. The number of rotatable bonds is 28. The van der Waals surface area contributed by atoms with Crippen molar-refractivity contribution < 1.29 is 24.8 Å². The van der Waals surface area contributed by atoms with Crippen LogP contribution in [0.3, 0.4) is 0 Å². The van der Waals surface area contributed by atoms with Gasteiger partial charge in [-0.25, -0.2) is 4.79 Å². The summed E-state index contributed by atoms with van der Waals surface area (Å²) in [6, 6.07) is 0. The molecule has 0 aromatic heterocycles. The second-order valence-electron chi connectivity index (χ2n) is 12.0. The van der Waals surface area contributed by atoms with Crippen LogP contribution in [0.2, 0.25) is 0 Å². The highest BCUT2D eigenvalue weighted by Gasteiger charge is 2.28. The normalized spacial score (nSPS) is 11.3. The van der Waals surface area contributed by atoms with E-state index in [9.17, 15) is 15.0 Å². The number of phenols is 1. The van der Waals surface area contributed by atoms with Gasteiger partial charge in [0.2, 0.25) is 5.75 Å². The zero-order valence-electron chi connectivity index (χ0n) is 27.3.